The van der Waals surface area contributed by atoms with Crippen molar-refractivity contribution in [1.82, 2.24) is 5.32 Å². The van der Waals surface area contributed by atoms with Crippen molar-refractivity contribution in [3.8, 4) is 5.75 Å². The Balaban J connectivity index is 1.93. The molecule has 0 radical (unpaired) electrons. The van der Waals surface area contributed by atoms with Gasteiger partial charge in [0.05, 0.1) is 10.6 Å². The number of esters is 1. The molecule has 160 valence electrons. The standard InChI is InChI=1S/C19H21N3O7S/c1-13-3-9-16(10-4-13)30(26,27)22(2)14-5-7-15(8-6-14)28-12-18(24)29-11-17(23)21-19(20)25/h3-10H,11-12H2,1-2H3,(H3,20,21,23,25). The van der Waals surface area contributed by atoms with Crippen LogP contribution in [0.2, 0.25) is 0 Å². The number of nitrogens with one attached hydrogen (secondary N) is 1. The van der Waals surface area contributed by atoms with Crippen molar-refractivity contribution >= 4 is 33.6 Å². The number of imide groups is 1. The topological polar surface area (TPSA) is 145 Å². The van der Waals surface area contributed by atoms with Gasteiger partial charge in [0.1, 0.15) is 5.75 Å². The number of carbonyl (C=O) groups is 3. The molecule has 11 heteroatoms. The Morgan fingerprint density at radius 1 is 1.00 bits per heavy atom. The van der Waals surface area contributed by atoms with Crippen LogP contribution in [0.4, 0.5) is 10.5 Å². The van der Waals surface area contributed by atoms with Crippen molar-refractivity contribution in [2.24, 2.45) is 5.73 Å². The average Bonchev–Trinajstić information content (AvgIpc) is 2.70. The maximum Gasteiger partial charge on any atom is 0.344 e. The van der Waals surface area contributed by atoms with E-state index in [9.17, 15) is 22.8 Å². The number of urea groups is 1. The molecule has 0 atom stereocenters. The van der Waals surface area contributed by atoms with Crippen molar-refractivity contribution in [2.75, 3.05) is 24.6 Å². The first kappa shape index (κ1) is 22.7. The summed E-state index contributed by atoms with van der Waals surface area (Å²) in [5, 5.41) is 1.74. The number of nitrogens with two attached hydrogens (primary N) is 1. The summed E-state index contributed by atoms with van der Waals surface area (Å²) in [4.78, 5) is 33.4. The first-order valence-electron chi connectivity index (χ1n) is 8.63. The molecule has 2 aromatic rings. The minimum Gasteiger partial charge on any atom is -0.482 e. The van der Waals surface area contributed by atoms with E-state index in [4.69, 9.17) is 10.5 Å². The monoisotopic (exact) mass is 435 g/mol. The number of hydrogen-bond acceptors (Lipinski definition) is 7. The first-order valence-corrected chi connectivity index (χ1v) is 10.1. The second kappa shape index (κ2) is 9.74. The third kappa shape index (κ3) is 6.21. The zero-order chi connectivity index (χ0) is 22.3. The van der Waals surface area contributed by atoms with Crippen molar-refractivity contribution in [3.05, 3.63) is 54.1 Å². The van der Waals surface area contributed by atoms with Gasteiger partial charge < -0.3 is 15.2 Å². The van der Waals surface area contributed by atoms with Crippen LogP contribution < -0.4 is 20.1 Å². The Morgan fingerprint density at radius 3 is 2.17 bits per heavy atom. The molecule has 0 aliphatic heterocycles. The number of aryl methyl sites for hydroxylation is 1. The average molecular weight is 435 g/mol. The van der Waals surface area contributed by atoms with Crippen LogP contribution in [0.3, 0.4) is 0 Å². The van der Waals surface area contributed by atoms with Gasteiger partial charge in [0.15, 0.2) is 13.2 Å². The number of ether oxygens (including phenoxy) is 2. The Labute approximate surface area is 173 Å². The summed E-state index contributed by atoms with van der Waals surface area (Å²) in [6.45, 7) is 0.705. The van der Waals surface area contributed by atoms with Gasteiger partial charge in [0.2, 0.25) is 0 Å². The third-order valence-corrected chi connectivity index (χ3v) is 5.66. The fourth-order valence-corrected chi connectivity index (χ4v) is 3.46. The fraction of sp³-hybridized carbons (Fsp3) is 0.211. The molecule has 0 aliphatic carbocycles. The SMILES string of the molecule is Cc1ccc(S(=O)(=O)N(C)c2ccc(OCC(=O)OCC(=O)NC(N)=O)cc2)cc1. The summed E-state index contributed by atoms with van der Waals surface area (Å²) in [6, 6.07) is 11.5. The van der Waals surface area contributed by atoms with E-state index in [1.165, 1.54) is 43.4 Å². The summed E-state index contributed by atoms with van der Waals surface area (Å²) >= 11 is 0. The summed E-state index contributed by atoms with van der Waals surface area (Å²) in [7, 11) is -2.29. The minimum absolute atomic E-state index is 0.166. The number of rotatable bonds is 8. The Morgan fingerprint density at radius 2 is 1.60 bits per heavy atom. The number of anilines is 1. The number of benzene rings is 2. The summed E-state index contributed by atoms with van der Waals surface area (Å²) < 4.78 is 36.4. The highest BCUT2D eigenvalue weighted by Gasteiger charge is 2.21. The summed E-state index contributed by atoms with van der Waals surface area (Å²) in [5.74, 6) is -1.41. The lowest BCUT2D eigenvalue weighted by atomic mass is 10.2. The first-order chi connectivity index (χ1) is 14.1. The molecule has 0 spiro atoms. The smallest absolute Gasteiger partial charge is 0.344 e. The van der Waals surface area contributed by atoms with Gasteiger partial charge >= 0.3 is 12.0 Å². The molecule has 0 unspecified atom stereocenters. The number of nitrogens with zero attached hydrogens (tertiary/aromatic N) is 1. The van der Waals surface area contributed by atoms with E-state index in [0.717, 1.165) is 9.87 Å². The second-order valence-corrected chi connectivity index (χ2v) is 8.11. The maximum atomic E-state index is 12.7. The van der Waals surface area contributed by atoms with Crippen LogP contribution in [-0.4, -0.2) is 46.6 Å². The molecule has 0 aromatic heterocycles. The minimum atomic E-state index is -3.72. The molecule has 2 rings (SSSR count). The second-order valence-electron chi connectivity index (χ2n) is 6.14. The largest absolute Gasteiger partial charge is 0.482 e. The molecule has 2 aromatic carbocycles. The molecule has 0 heterocycles. The number of sulfonamides is 1. The van der Waals surface area contributed by atoms with Crippen LogP contribution in [0.15, 0.2) is 53.4 Å². The molecule has 3 N–H and O–H groups in total. The van der Waals surface area contributed by atoms with Crippen molar-refractivity contribution in [2.45, 2.75) is 11.8 Å². The van der Waals surface area contributed by atoms with Gasteiger partial charge in [0, 0.05) is 7.05 Å². The molecule has 0 fully saturated rings. The molecule has 0 bridgehead atoms. The fourth-order valence-electron chi connectivity index (χ4n) is 2.26. The summed E-state index contributed by atoms with van der Waals surface area (Å²) in [6.07, 6.45) is 0. The van der Waals surface area contributed by atoms with Gasteiger partial charge in [0.25, 0.3) is 15.9 Å². The predicted octanol–water partition coefficient (Wildman–Crippen LogP) is 0.937. The van der Waals surface area contributed by atoms with Crippen LogP contribution in [0, 0.1) is 6.92 Å². The molecular weight excluding hydrogens is 414 g/mol. The van der Waals surface area contributed by atoms with E-state index in [0.29, 0.717) is 11.4 Å². The summed E-state index contributed by atoms with van der Waals surface area (Å²) in [5.41, 5.74) is 6.10. The number of hydrogen-bond donors (Lipinski definition) is 2. The van der Waals surface area contributed by atoms with Crippen molar-refractivity contribution in [3.63, 3.8) is 0 Å². The Kier molecular flexibility index (Phi) is 7.37. The van der Waals surface area contributed by atoms with E-state index in [-0.39, 0.29) is 4.90 Å². The molecule has 0 aliphatic rings. The van der Waals surface area contributed by atoms with E-state index < -0.39 is 41.1 Å². The highest BCUT2D eigenvalue weighted by Crippen LogP contribution is 2.24. The lowest BCUT2D eigenvalue weighted by molar-refractivity contribution is -0.150. The zero-order valence-electron chi connectivity index (χ0n) is 16.3. The lowest BCUT2D eigenvalue weighted by Crippen LogP contribution is -2.38. The van der Waals surface area contributed by atoms with Gasteiger partial charge in [-0.2, -0.15) is 0 Å². The van der Waals surface area contributed by atoms with Gasteiger partial charge in [-0.1, -0.05) is 17.7 Å². The van der Waals surface area contributed by atoms with Gasteiger partial charge in [-0.05, 0) is 43.3 Å². The van der Waals surface area contributed by atoms with Crippen LogP contribution >= 0.6 is 0 Å². The van der Waals surface area contributed by atoms with E-state index in [1.807, 2.05) is 6.92 Å². The van der Waals surface area contributed by atoms with Gasteiger partial charge in [-0.3, -0.25) is 14.4 Å². The molecule has 30 heavy (non-hydrogen) atoms. The lowest BCUT2D eigenvalue weighted by Gasteiger charge is -2.20. The Hall–Kier alpha value is -3.60. The molecule has 3 amide bonds. The maximum absolute atomic E-state index is 12.7. The molecule has 10 nitrogen and oxygen atoms in total. The number of amides is 3. The van der Waals surface area contributed by atoms with Gasteiger partial charge in [-0.25, -0.2) is 18.0 Å². The predicted molar refractivity (Wildman–Crippen MR) is 107 cm³/mol. The molecule has 0 saturated heterocycles. The number of primary amides is 1. The van der Waals surface area contributed by atoms with E-state index in [1.54, 1.807) is 17.4 Å². The highest BCUT2D eigenvalue weighted by molar-refractivity contribution is 7.92. The van der Waals surface area contributed by atoms with Crippen LogP contribution in [0.25, 0.3) is 0 Å². The van der Waals surface area contributed by atoms with E-state index in [2.05, 4.69) is 4.74 Å². The highest BCUT2D eigenvalue weighted by atomic mass is 32.2. The molecular formula is C19H21N3O7S. The number of carbonyl (C=O) groups excluding carboxylic acids is 3. The van der Waals surface area contributed by atoms with Crippen LogP contribution in [0.5, 0.6) is 5.75 Å². The van der Waals surface area contributed by atoms with Crippen LogP contribution in [-0.2, 0) is 24.3 Å². The molecule has 0 saturated carbocycles. The van der Waals surface area contributed by atoms with E-state index >= 15 is 0 Å². The van der Waals surface area contributed by atoms with Crippen molar-refractivity contribution < 1.29 is 32.3 Å². The van der Waals surface area contributed by atoms with Gasteiger partial charge in [-0.15, -0.1) is 0 Å². The quantitative estimate of drug-likeness (QED) is 0.587. The zero-order valence-corrected chi connectivity index (χ0v) is 17.1. The normalized spacial score (nSPS) is 10.7. The Bertz CT molecular complexity index is 1020. The third-order valence-electron chi connectivity index (χ3n) is 3.86. The van der Waals surface area contributed by atoms with Crippen LogP contribution in [0.1, 0.15) is 5.56 Å². The van der Waals surface area contributed by atoms with Crippen molar-refractivity contribution in [1.29, 1.82) is 0 Å².